The van der Waals surface area contributed by atoms with Gasteiger partial charge >= 0.3 is 12.2 Å². The number of likely N-dealkylation sites (tertiary alicyclic amines) is 2. The third-order valence-electron chi connectivity index (χ3n) is 12.4. The van der Waals surface area contributed by atoms with Crippen LogP contribution in [-0.4, -0.2) is 97.7 Å². The number of hydrogen-bond donors (Lipinski definition) is 4. The van der Waals surface area contributed by atoms with Gasteiger partial charge in [0.2, 0.25) is 11.8 Å². The standard InChI is InChI=1S/C45H54ClN9O7/c1-8-35-55-31-16-14-25(29-21-47-40(49-29)32-11-9-17-53(32)42(56)37(23(2)3)51-44(58)60-6)19-28(31)36(46)39(55)27-15-13-26(20-34(27)62-35)30-22-48-41(50-30)33-12-10-18-54(33)43(57)38(24(4)5)52-45(59)61-7/h13-16,19-24,32-33,35,37-38H,8-12,17-18H2,1-7H3,(H,47,49)(H,48,50)(H,51,58)(H,52,59)/t32-,33-,35?,37-,38-/m0/s1. The number of aromatic nitrogens is 5. The molecular formula is C45H54ClN9O7. The number of hydrogen-bond acceptors (Lipinski definition) is 9. The fourth-order valence-electron chi connectivity index (χ4n) is 9.13. The molecule has 8 rings (SSSR count). The van der Waals surface area contributed by atoms with Gasteiger partial charge in [0.05, 0.1) is 66.3 Å². The van der Waals surface area contributed by atoms with Crippen LogP contribution in [0.2, 0.25) is 5.02 Å². The molecule has 62 heavy (non-hydrogen) atoms. The predicted molar refractivity (Wildman–Crippen MR) is 233 cm³/mol. The van der Waals surface area contributed by atoms with Crippen LogP contribution >= 0.6 is 11.6 Å². The average Bonchev–Trinajstić information content (AvgIpc) is 4.13. The fraction of sp³-hybridized carbons (Fsp3) is 0.467. The summed E-state index contributed by atoms with van der Waals surface area (Å²) in [6, 6.07) is 10.2. The minimum atomic E-state index is -0.719. The van der Waals surface area contributed by atoms with Crippen LogP contribution in [0.1, 0.15) is 96.7 Å². The second kappa shape index (κ2) is 17.4. The normalized spacial score (nSPS) is 19.3. The van der Waals surface area contributed by atoms with Crippen molar-refractivity contribution in [3.63, 3.8) is 0 Å². The second-order valence-corrected chi connectivity index (χ2v) is 17.3. The Labute approximate surface area is 365 Å². The Morgan fingerprint density at radius 3 is 1.82 bits per heavy atom. The largest absolute Gasteiger partial charge is 0.469 e. The van der Waals surface area contributed by atoms with Crippen molar-refractivity contribution in [3.05, 3.63) is 65.5 Å². The first-order valence-corrected chi connectivity index (χ1v) is 21.8. The zero-order chi connectivity index (χ0) is 44.0. The molecule has 2 aromatic carbocycles. The average molecular weight is 868 g/mol. The molecule has 0 saturated carbocycles. The van der Waals surface area contributed by atoms with E-state index in [2.05, 4.69) is 44.2 Å². The SMILES string of the molecule is CCC1Oc2cc(-c3cnc([C@@H]4CCCN4C(=O)[C@@H](NC(=O)OC)C(C)C)[nH]3)ccc2-c2c(Cl)c3cc(-c4cnc([C@@H]5CCCN5C(=O)[C@@H](NC(=O)OC)C(C)C)[nH]4)ccc3n21. The summed E-state index contributed by atoms with van der Waals surface area (Å²) in [5, 5.41) is 6.89. The van der Waals surface area contributed by atoms with Gasteiger partial charge in [0, 0.05) is 41.6 Å². The van der Waals surface area contributed by atoms with E-state index in [4.69, 9.17) is 35.8 Å². The van der Waals surface area contributed by atoms with Gasteiger partial charge < -0.3 is 49.2 Å². The number of benzene rings is 2. The van der Waals surface area contributed by atoms with Crippen LogP contribution in [0.15, 0.2) is 48.8 Å². The lowest BCUT2D eigenvalue weighted by Gasteiger charge is -2.30. The maximum absolute atomic E-state index is 13.7. The van der Waals surface area contributed by atoms with Crippen molar-refractivity contribution in [1.29, 1.82) is 0 Å². The molecule has 4 N–H and O–H groups in total. The Balaban J connectivity index is 1.05. The molecule has 2 fully saturated rings. The van der Waals surface area contributed by atoms with Crippen molar-refractivity contribution < 1.29 is 33.4 Å². The Hall–Kier alpha value is -6.03. The van der Waals surface area contributed by atoms with Gasteiger partial charge in [0.1, 0.15) is 29.5 Å². The topological polar surface area (TPSA) is 189 Å². The maximum atomic E-state index is 13.7. The van der Waals surface area contributed by atoms with E-state index >= 15 is 0 Å². The van der Waals surface area contributed by atoms with Crippen LogP contribution < -0.4 is 15.4 Å². The Morgan fingerprint density at radius 2 is 1.32 bits per heavy atom. The number of imidazole rings is 2. The van der Waals surface area contributed by atoms with Crippen LogP contribution in [0, 0.1) is 11.8 Å². The van der Waals surface area contributed by atoms with E-state index in [-0.39, 0.29) is 42.0 Å². The zero-order valence-electron chi connectivity index (χ0n) is 36.1. The first-order chi connectivity index (χ1) is 29.8. The van der Waals surface area contributed by atoms with E-state index in [0.717, 1.165) is 70.4 Å². The number of rotatable bonds is 11. The number of nitrogens with one attached hydrogen (secondary N) is 4. The molecule has 3 aliphatic heterocycles. The minimum absolute atomic E-state index is 0.132. The Morgan fingerprint density at radius 1 is 0.806 bits per heavy atom. The molecule has 5 aromatic rings. The van der Waals surface area contributed by atoms with E-state index in [1.165, 1.54) is 14.2 Å². The predicted octanol–water partition coefficient (Wildman–Crippen LogP) is 8.13. The van der Waals surface area contributed by atoms with Gasteiger partial charge in [0.25, 0.3) is 0 Å². The molecule has 0 aliphatic carbocycles. The molecule has 328 valence electrons. The molecule has 17 heteroatoms. The number of nitrogens with zero attached hydrogens (tertiary/aromatic N) is 5. The molecule has 0 spiro atoms. The summed E-state index contributed by atoms with van der Waals surface area (Å²) in [4.78, 5) is 71.6. The van der Waals surface area contributed by atoms with Crippen molar-refractivity contribution in [3.8, 4) is 39.5 Å². The Bertz CT molecular complexity index is 2510. The van der Waals surface area contributed by atoms with Crippen molar-refractivity contribution in [2.24, 2.45) is 11.8 Å². The number of aromatic amines is 2. The molecule has 5 atom stereocenters. The number of halogens is 1. The lowest BCUT2D eigenvalue weighted by molar-refractivity contribution is -0.136. The smallest absolute Gasteiger partial charge is 0.407 e. The number of amides is 4. The summed E-state index contributed by atoms with van der Waals surface area (Å²) < 4.78 is 18.4. The van der Waals surface area contributed by atoms with E-state index in [0.29, 0.717) is 41.9 Å². The van der Waals surface area contributed by atoms with Gasteiger partial charge in [-0.25, -0.2) is 19.6 Å². The van der Waals surface area contributed by atoms with Gasteiger partial charge in [0.15, 0.2) is 6.23 Å². The van der Waals surface area contributed by atoms with E-state index < -0.39 is 24.3 Å². The van der Waals surface area contributed by atoms with E-state index in [9.17, 15) is 19.2 Å². The lowest BCUT2D eigenvalue weighted by Crippen LogP contribution is -2.51. The minimum Gasteiger partial charge on any atom is -0.469 e. The molecule has 1 unspecified atom stereocenters. The molecule has 2 saturated heterocycles. The number of fused-ring (bicyclic) bond motifs is 5. The molecule has 6 heterocycles. The van der Waals surface area contributed by atoms with Crippen LogP contribution in [0.5, 0.6) is 5.75 Å². The van der Waals surface area contributed by atoms with Gasteiger partial charge in [-0.2, -0.15) is 0 Å². The monoisotopic (exact) mass is 867 g/mol. The summed E-state index contributed by atoms with van der Waals surface area (Å²) in [7, 11) is 2.57. The molecule has 16 nitrogen and oxygen atoms in total. The Kier molecular flexibility index (Phi) is 12.0. The summed E-state index contributed by atoms with van der Waals surface area (Å²) in [6.07, 6.45) is 5.79. The third-order valence-corrected chi connectivity index (χ3v) is 12.8. The highest BCUT2D eigenvalue weighted by atomic mass is 35.5. The van der Waals surface area contributed by atoms with Crippen LogP contribution in [-0.2, 0) is 19.1 Å². The second-order valence-electron chi connectivity index (χ2n) is 16.9. The number of alkyl carbamates (subject to hydrolysis) is 2. The molecule has 3 aliphatic rings. The summed E-state index contributed by atoms with van der Waals surface area (Å²) in [6.45, 7) is 10.8. The quantitative estimate of drug-likeness (QED) is 0.102. The molecule has 3 aromatic heterocycles. The van der Waals surface area contributed by atoms with Crippen LogP contribution in [0.25, 0.3) is 44.7 Å². The van der Waals surface area contributed by atoms with Crippen LogP contribution in [0.4, 0.5) is 9.59 Å². The summed E-state index contributed by atoms with van der Waals surface area (Å²) in [5.74, 6) is 1.48. The highest BCUT2D eigenvalue weighted by Gasteiger charge is 2.39. The van der Waals surface area contributed by atoms with Gasteiger partial charge in [-0.15, -0.1) is 0 Å². The van der Waals surface area contributed by atoms with Crippen molar-refractivity contribution in [1.82, 2.24) is 44.9 Å². The van der Waals surface area contributed by atoms with Gasteiger partial charge in [-0.1, -0.05) is 58.4 Å². The summed E-state index contributed by atoms with van der Waals surface area (Å²) in [5.41, 5.74) is 6.03. The zero-order valence-corrected chi connectivity index (χ0v) is 36.8. The third kappa shape index (κ3) is 7.73. The molecule has 0 radical (unpaired) electrons. The van der Waals surface area contributed by atoms with E-state index in [1.54, 1.807) is 22.2 Å². The number of methoxy groups -OCH3 is 2. The van der Waals surface area contributed by atoms with Crippen molar-refractivity contribution in [2.45, 2.75) is 97.1 Å². The van der Waals surface area contributed by atoms with Gasteiger partial charge in [-0.05, 0) is 61.8 Å². The molecular weight excluding hydrogens is 814 g/mol. The molecule has 0 bridgehead atoms. The highest BCUT2D eigenvalue weighted by molar-refractivity contribution is 6.38. The van der Waals surface area contributed by atoms with E-state index in [1.807, 2.05) is 52.0 Å². The number of carbonyl (C=O) groups excluding carboxylic acids is 4. The van der Waals surface area contributed by atoms with Crippen molar-refractivity contribution >= 4 is 46.5 Å². The number of ether oxygens (including phenoxy) is 3. The first-order valence-electron chi connectivity index (χ1n) is 21.4. The van der Waals surface area contributed by atoms with Gasteiger partial charge in [-0.3, -0.25) is 9.59 Å². The number of carbonyl (C=O) groups is 4. The number of H-pyrrole nitrogens is 2. The first kappa shape index (κ1) is 42.7. The summed E-state index contributed by atoms with van der Waals surface area (Å²) >= 11 is 7.33. The highest BCUT2D eigenvalue weighted by Crippen LogP contribution is 2.49. The van der Waals surface area contributed by atoms with Crippen molar-refractivity contribution in [2.75, 3.05) is 27.3 Å². The van der Waals surface area contributed by atoms with Crippen LogP contribution in [0.3, 0.4) is 0 Å². The maximum Gasteiger partial charge on any atom is 0.407 e. The lowest BCUT2D eigenvalue weighted by atomic mass is 10.0. The fourth-order valence-corrected chi connectivity index (χ4v) is 9.47. The molecule has 4 amide bonds.